The smallest absolute Gasteiger partial charge is 0.329 e. The zero-order valence-electron chi connectivity index (χ0n) is 13.3. The molecule has 2 amide bonds. The van der Waals surface area contributed by atoms with Gasteiger partial charge in [-0.25, -0.2) is 5.43 Å². The Bertz CT molecular complexity index is 772. The Morgan fingerprint density at radius 1 is 1.28 bits per heavy atom. The SMILES string of the molecule is C=CCNC(=O)C(=O)N/N=C\c1cc(Br)ccc1NCc1ccco1. The highest BCUT2D eigenvalue weighted by Gasteiger charge is 2.10. The molecule has 0 fully saturated rings. The number of carbonyl (C=O) groups excluding carboxylic acids is 2. The van der Waals surface area contributed by atoms with E-state index in [2.05, 4.69) is 43.7 Å². The minimum Gasteiger partial charge on any atom is -0.467 e. The molecule has 2 rings (SSSR count). The molecule has 0 bridgehead atoms. The van der Waals surface area contributed by atoms with E-state index in [1.807, 2.05) is 30.3 Å². The topological polar surface area (TPSA) is 95.7 Å². The van der Waals surface area contributed by atoms with Crippen LogP contribution in [0.5, 0.6) is 0 Å². The Kier molecular flexibility index (Phi) is 6.97. The third-order valence-corrected chi connectivity index (χ3v) is 3.52. The van der Waals surface area contributed by atoms with Crippen molar-refractivity contribution in [1.29, 1.82) is 0 Å². The molecule has 0 aliphatic carbocycles. The molecule has 0 aliphatic heterocycles. The van der Waals surface area contributed by atoms with Gasteiger partial charge >= 0.3 is 11.8 Å². The van der Waals surface area contributed by atoms with Crippen molar-refractivity contribution < 1.29 is 14.0 Å². The summed E-state index contributed by atoms with van der Waals surface area (Å²) in [5.41, 5.74) is 3.71. The van der Waals surface area contributed by atoms with E-state index in [-0.39, 0.29) is 6.54 Å². The number of halogens is 1. The van der Waals surface area contributed by atoms with Crippen molar-refractivity contribution in [3.8, 4) is 0 Å². The van der Waals surface area contributed by atoms with Crippen molar-refractivity contribution in [2.24, 2.45) is 5.10 Å². The second-order valence-corrected chi connectivity index (χ2v) is 5.78. The Morgan fingerprint density at radius 2 is 2.12 bits per heavy atom. The Balaban J connectivity index is 1.99. The van der Waals surface area contributed by atoms with Gasteiger partial charge in [0.25, 0.3) is 0 Å². The molecule has 1 heterocycles. The molecule has 1 aromatic heterocycles. The average Bonchev–Trinajstić information content (AvgIpc) is 3.12. The summed E-state index contributed by atoms with van der Waals surface area (Å²) >= 11 is 3.39. The van der Waals surface area contributed by atoms with Gasteiger partial charge in [0.15, 0.2) is 0 Å². The van der Waals surface area contributed by atoms with Gasteiger partial charge < -0.3 is 15.1 Å². The van der Waals surface area contributed by atoms with Gasteiger partial charge in [-0.15, -0.1) is 6.58 Å². The quantitative estimate of drug-likeness (QED) is 0.285. The van der Waals surface area contributed by atoms with Crippen molar-refractivity contribution in [1.82, 2.24) is 10.7 Å². The molecule has 0 radical (unpaired) electrons. The maximum Gasteiger partial charge on any atom is 0.329 e. The monoisotopic (exact) mass is 404 g/mol. The van der Waals surface area contributed by atoms with Crippen LogP contribution in [0.1, 0.15) is 11.3 Å². The number of nitrogens with zero attached hydrogens (tertiary/aromatic N) is 1. The molecule has 0 spiro atoms. The van der Waals surface area contributed by atoms with E-state index >= 15 is 0 Å². The number of hydrazone groups is 1. The fourth-order valence-electron chi connectivity index (χ4n) is 1.85. The van der Waals surface area contributed by atoms with Crippen LogP contribution in [0.4, 0.5) is 5.69 Å². The summed E-state index contributed by atoms with van der Waals surface area (Å²) < 4.78 is 6.13. The van der Waals surface area contributed by atoms with Crippen LogP contribution in [0.2, 0.25) is 0 Å². The summed E-state index contributed by atoms with van der Waals surface area (Å²) in [6.07, 6.45) is 4.54. The minimum atomic E-state index is -0.849. The molecular weight excluding hydrogens is 388 g/mol. The van der Waals surface area contributed by atoms with E-state index < -0.39 is 11.8 Å². The number of benzene rings is 1. The summed E-state index contributed by atoms with van der Waals surface area (Å²) in [7, 11) is 0. The van der Waals surface area contributed by atoms with Gasteiger partial charge in [-0.1, -0.05) is 22.0 Å². The van der Waals surface area contributed by atoms with Gasteiger partial charge in [-0.2, -0.15) is 5.10 Å². The summed E-state index contributed by atoms with van der Waals surface area (Å²) in [6.45, 7) is 4.17. The highest BCUT2D eigenvalue weighted by Crippen LogP contribution is 2.20. The van der Waals surface area contributed by atoms with Crippen LogP contribution < -0.4 is 16.1 Å². The molecule has 130 valence electrons. The van der Waals surface area contributed by atoms with E-state index in [4.69, 9.17) is 4.42 Å². The average molecular weight is 405 g/mol. The van der Waals surface area contributed by atoms with Crippen molar-refractivity contribution >= 4 is 39.6 Å². The largest absolute Gasteiger partial charge is 0.467 e. The number of amides is 2. The van der Waals surface area contributed by atoms with Crippen LogP contribution in [-0.2, 0) is 16.1 Å². The first-order valence-corrected chi connectivity index (χ1v) is 8.17. The molecule has 0 unspecified atom stereocenters. The lowest BCUT2D eigenvalue weighted by molar-refractivity contribution is -0.139. The second-order valence-electron chi connectivity index (χ2n) is 4.86. The molecule has 0 aliphatic rings. The lowest BCUT2D eigenvalue weighted by Crippen LogP contribution is -2.37. The van der Waals surface area contributed by atoms with Gasteiger partial charge in [-0.3, -0.25) is 9.59 Å². The molecule has 0 saturated carbocycles. The third kappa shape index (κ3) is 5.92. The highest BCUT2D eigenvalue weighted by atomic mass is 79.9. The zero-order chi connectivity index (χ0) is 18.1. The maximum absolute atomic E-state index is 11.6. The van der Waals surface area contributed by atoms with Crippen LogP contribution in [0.25, 0.3) is 0 Å². The van der Waals surface area contributed by atoms with Gasteiger partial charge in [0.05, 0.1) is 19.0 Å². The number of anilines is 1. The van der Waals surface area contributed by atoms with E-state index in [9.17, 15) is 9.59 Å². The summed E-state index contributed by atoms with van der Waals surface area (Å²) in [4.78, 5) is 23.0. The van der Waals surface area contributed by atoms with Gasteiger partial charge in [-0.05, 0) is 30.3 Å². The Labute approximate surface area is 153 Å². The van der Waals surface area contributed by atoms with Crippen LogP contribution in [-0.4, -0.2) is 24.6 Å². The maximum atomic E-state index is 11.6. The van der Waals surface area contributed by atoms with Crippen molar-refractivity contribution in [3.63, 3.8) is 0 Å². The van der Waals surface area contributed by atoms with Gasteiger partial charge in [0.1, 0.15) is 5.76 Å². The standard InChI is InChI=1S/C17H17BrN4O3/c1-2-7-19-16(23)17(24)22-21-10-12-9-13(18)5-6-15(12)20-11-14-4-3-8-25-14/h2-6,8-10,20H,1,7,11H2,(H,19,23)(H,22,24)/b21-10-. The van der Waals surface area contributed by atoms with Crippen LogP contribution in [0.15, 0.2) is 63.2 Å². The highest BCUT2D eigenvalue weighted by molar-refractivity contribution is 9.10. The molecule has 0 atom stereocenters. The van der Waals surface area contributed by atoms with E-state index in [1.54, 1.807) is 6.26 Å². The second kappa shape index (κ2) is 9.43. The Morgan fingerprint density at radius 3 is 2.84 bits per heavy atom. The first kappa shape index (κ1) is 18.5. The summed E-state index contributed by atoms with van der Waals surface area (Å²) in [6, 6.07) is 9.25. The predicted octanol–water partition coefficient (Wildman–Crippen LogP) is 2.41. The number of hydrogen-bond donors (Lipinski definition) is 3. The molecule has 3 N–H and O–H groups in total. The first-order valence-electron chi connectivity index (χ1n) is 7.38. The zero-order valence-corrected chi connectivity index (χ0v) is 14.9. The summed E-state index contributed by atoms with van der Waals surface area (Å²) in [5.74, 6) is -0.835. The van der Waals surface area contributed by atoms with Crippen molar-refractivity contribution in [2.75, 3.05) is 11.9 Å². The fourth-order valence-corrected chi connectivity index (χ4v) is 2.23. The van der Waals surface area contributed by atoms with Crippen molar-refractivity contribution in [3.05, 3.63) is 65.0 Å². The number of hydrogen-bond acceptors (Lipinski definition) is 5. The molecule has 2 aromatic rings. The fraction of sp³-hybridized carbons (Fsp3) is 0.118. The Hall–Kier alpha value is -2.87. The number of rotatable bonds is 7. The van der Waals surface area contributed by atoms with E-state index in [0.29, 0.717) is 6.54 Å². The van der Waals surface area contributed by atoms with Gasteiger partial charge in [0, 0.05) is 22.3 Å². The first-order chi connectivity index (χ1) is 12.1. The lowest BCUT2D eigenvalue weighted by Gasteiger charge is -2.09. The van der Waals surface area contributed by atoms with Crippen LogP contribution in [0.3, 0.4) is 0 Å². The molecular formula is C17H17BrN4O3. The molecule has 8 heteroatoms. The van der Waals surface area contributed by atoms with E-state index in [0.717, 1.165) is 21.5 Å². The minimum absolute atomic E-state index is 0.211. The van der Waals surface area contributed by atoms with E-state index in [1.165, 1.54) is 12.3 Å². The van der Waals surface area contributed by atoms with Crippen molar-refractivity contribution in [2.45, 2.75) is 6.54 Å². The molecule has 0 saturated heterocycles. The van der Waals surface area contributed by atoms with Crippen LogP contribution in [0, 0.1) is 0 Å². The molecule has 7 nitrogen and oxygen atoms in total. The molecule has 25 heavy (non-hydrogen) atoms. The number of furan rings is 1. The normalized spacial score (nSPS) is 10.4. The number of carbonyl (C=O) groups is 2. The number of nitrogens with one attached hydrogen (secondary N) is 3. The molecule has 1 aromatic carbocycles. The van der Waals surface area contributed by atoms with Gasteiger partial charge in [0.2, 0.25) is 0 Å². The lowest BCUT2D eigenvalue weighted by atomic mass is 10.2. The summed E-state index contributed by atoms with van der Waals surface area (Å²) in [5, 5.41) is 9.41. The third-order valence-electron chi connectivity index (χ3n) is 3.03. The predicted molar refractivity (Wildman–Crippen MR) is 99.1 cm³/mol. The van der Waals surface area contributed by atoms with Crippen LogP contribution >= 0.6 is 15.9 Å².